The topological polar surface area (TPSA) is 32.6 Å². The summed E-state index contributed by atoms with van der Waals surface area (Å²) in [6.45, 7) is 2.13. The summed E-state index contributed by atoms with van der Waals surface area (Å²) in [4.78, 5) is 0. The van der Waals surface area contributed by atoms with Gasteiger partial charge in [-0.15, -0.1) is 0 Å². The summed E-state index contributed by atoms with van der Waals surface area (Å²) in [5, 5.41) is 12.1. The second-order valence-electron chi connectivity index (χ2n) is 3.32. The van der Waals surface area contributed by atoms with E-state index in [1.807, 2.05) is 0 Å². The average Bonchev–Trinajstić information content (AvgIpc) is 2.52. The molecule has 2 nitrogen and oxygen atoms in total. The Hall–Kier alpha value is -0.530. The minimum Gasteiger partial charge on any atom is -0.411 e. The van der Waals surface area contributed by atoms with Gasteiger partial charge in [0.1, 0.15) is 0 Å². The van der Waals surface area contributed by atoms with Crippen molar-refractivity contribution in [3.8, 4) is 0 Å². The van der Waals surface area contributed by atoms with Gasteiger partial charge in [0, 0.05) is 5.92 Å². The van der Waals surface area contributed by atoms with Gasteiger partial charge in [-0.25, -0.2) is 0 Å². The van der Waals surface area contributed by atoms with Crippen LogP contribution < -0.4 is 0 Å². The smallest absolute Gasteiger partial charge is 0.0601 e. The van der Waals surface area contributed by atoms with Crippen LogP contribution in [0.2, 0.25) is 0 Å². The van der Waals surface area contributed by atoms with Crippen molar-refractivity contribution in [1.29, 1.82) is 0 Å². The molecule has 64 valence electrons. The van der Waals surface area contributed by atoms with E-state index in [0.29, 0.717) is 5.92 Å². The first-order valence-corrected chi connectivity index (χ1v) is 4.59. The van der Waals surface area contributed by atoms with Crippen molar-refractivity contribution in [1.82, 2.24) is 0 Å². The summed E-state index contributed by atoms with van der Waals surface area (Å²) < 4.78 is 0. The first kappa shape index (κ1) is 8.57. The van der Waals surface area contributed by atoms with E-state index in [1.165, 1.54) is 25.7 Å². The number of hydrogen-bond acceptors (Lipinski definition) is 2. The summed E-state index contributed by atoms with van der Waals surface area (Å²) in [5.74, 6) is 0.597. The van der Waals surface area contributed by atoms with Crippen molar-refractivity contribution >= 4 is 5.71 Å². The standard InChI is InChI=1S/C9H17NO/c1-2-5-9(10-11)8-6-3-4-7-8/h8,11H,2-7H2,1H3. The van der Waals surface area contributed by atoms with Gasteiger partial charge in [-0.1, -0.05) is 31.3 Å². The predicted octanol–water partition coefficient (Wildman–Crippen LogP) is 2.81. The van der Waals surface area contributed by atoms with E-state index in [-0.39, 0.29) is 0 Å². The summed E-state index contributed by atoms with van der Waals surface area (Å²) >= 11 is 0. The predicted molar refractivity (Wildman–Crippen MR) is 46.1 cm³/mol. The maximum atomic E-state index is 8.71. The molecule has 0 saturated heterocycles. The zero-order valence-corrected chi connectivity index (χ0v) is 7.21. The molecule has 0 atom stereocenters. The third kappa shape index (κ3) is 2.21. The molecule has 0 aromatic heterocycles. The van der Waals surface area contributed by atoms with Gasteiger partial charge >= 0.3 is 0 Å². The van der Waals surface area contributed by atoms with Gasteiger partial charge in [0.2, 0.25) is 0 Å². The molecule has 0 heterocycles. The normalized spacial score (nSPS) is 21.0. The molecule has 0 unspecified atom stereocenters. The second-order valence-corrected chi connectivity index (χ2v) is 3.32. The van der Waals surface area contributed by atoms with E-state index >= 15 is 0 Å². The molecule has 0 bridgehead atoms. The number of hydrogen-bond donors (Lipinski definition) is 1. The molecule has 1 rings (SSSR count). The Balaban J connectivity index is 2.41. The van der Waals surface area contributed by atoms with Crippen molar-refractivity contribution in [2.45, 2.75) is 45.4 Å². The highest BCUT2D eigenvalue weighted by molar-refractivity contribution is 5.86. The van der Waals surface area contributed by atoms with Crippen LogP contribution >= 0.6 is 0 Å². The Morgan fingerprint density at radius 1 is 1.45 bits per heavy atom. The van der Waals surface area contributed by atoms with E-state index in [0.717, 1.165) is 18.6 Å². The molecule has 0 spiro atoms. The Labute approximate surface area is 68.3 Å². The van der Waals surface area contributed by atoms with Gasteiger partial charge in [0.15, 0.2) is 0 Å². The van der Waals surface area contributed by atoms with Crippen molar-refractivity contribution in [2.75, 3.05) is 0 Å². The largest absolute Gasteiger partial charge is 0.411 e. The van der Waals surface area contributed by atoms with Crippen molar-refractivity contribution in [3.05, 3.63) is 0 Å². The summed E-state index contributed by atoms with van der Waals surface area (Å²) in [6, 6.07) is 0. The lowest BCUT2D eigenvalue weighted by molar-refractivity contribution is 0.313. The highest BCUT2D eigenvalue weighted by Crippen LogP contribution is 2.27. The fraction of sp³-hybridized carbons (Fsp3) is 0.889. The van der Waals surface area contributed by atoms with E-state index in [4.69, 9.17) is 5.21 Å². The number of oxime groups is 1. The Kier molecular flexibility index (Phi) is 3.40. The maximum absolute atomic E-state index is 8.71. The first-order valence-electron chi connectivity index (χ1n) is 4.59. The lowest BCUT2D eigenvalue weighted by Gasteiger charge is -2.09. The van der Waals surface area contributed by atoms with Gasteiger partial charge in [0.05, 0.1) is 5.71 Å². The molecule has 1 aliphatic carbocycles. The van der Waals surface area contributed by atoms with Crippen LogP contribution in [0.5, 0.6) is 0 Å². The molecule has 1 saturated carbocycles. The molecule has 11 heavy (non-hydrogen) atoms. The zero-order chi connectivity index (χ0) is 8.10. The van der Waals surface area contributed by atoms with Crippen LogP contribution in [0.3, 0.4) is 0 Å². The summed E-state index contributed by atoms with van der Waals surface area (Å²) in [5.41, 5.74) is 1.03. The molecular weight excluding hydrogens is 138 g/mol. The molecule has 1 aliphatic rings. The molecule has 0 aliphatic heterocycles. The van der Waals surface area contributed by atoms with Crippen LogP contribution in [0.1, 0.15) is 45.4 Å². The molecule has 0 aromatic carbocycles. The third-order valence-electron chi connectivity index (χ3n) is 2.46. The van der Waals surface area contributed by atoms with Crippen LogP contribution in [0.15, 0.2) is 5.16 Å². The quantitative estimate of drug-likeness (QED) is 0.379. The lowest BCUT2D eigenvalue weighted by atomic mass is 9.98. The second kappa shape index (κ2) is 4.37. The molecule has 0 radical (unpaired) electrons. The van der Waals surface area contributed by atoms with E-state index in [9.17, 15) is 0 Å². The molecular formula is C9H17NO. The van der Waals surface area contributed by atoms with Gasteiger partial charge in [-0.2, -0.15) is 0 Å². The zero-order valence-electron chi connectivity index (χ0n) is 7.21. The molecule has 1 fully saturated rings. The van der Waals surface area contributed by atoms with Gasteiger partial charge < -0.3 is 5.21 Å². The van der Waals surface area contributed by atoms with Crippen LogP contribution in [0.4, 0.5) is 0 Å². The third-order valence-corrected chi connectivity index (χ3v) is 2.46. The summed E-state index contributed by atoms with van der Waals surface area (Å²) in [6.07, 6.45) is 7.16. The van der Waals surface area contributed by atoms with Crippen LogP contribution in [0.25, 0.3) is 0 Å². The average molecular weight is 155 g/mol. The first-order chi connectivity index (χ1) is 5.38. The Bertz CT molecular complexity index is 136. The van der Waals surface area contributed by atoms with Gasteiger partial charge in [-0.3, -0.25) is 0 Å². The van der Waals surface area contributed by atoms with Gasteiger partial charge in [-0.05, 0) is 19.3 Å². The van der Waals surface area contributed by atoms with Crippen molar-refractivity contribution in [2.24, 2.45) is 11.1 Å². The minimum atomic E-state index is 0.597. The molecule has 2 heteroatoms. The Morgan fingerprint density at radius 2 is 2.09 bits per heavy atom. The fourth-order valence-corrected chi connectivity index (χ4v) is 1.85. The van der Waals surface area contributed by atoms with Crippen LogP contribution in [0, 0.1) is 5.92 Å². The van der Waals surface area contributed by atoms with E-state index < -0.39 is 0 Å². The monoisotopic (exact) mass is 155 g/mol. The van der Waals surface area contributed by atoms with Crippen LogP contribution in [-0.2, 0) is 0 Å². The molecule has 0 aromatic rings. The molecule has 1 N–H and O–H groups in total. The SMILES string of the molecule is CCCC(=NO)C1CCCC1. The van der Waals surface area contributed by atoms with E-state index in [1.54, 1.807) is 0 Å². The van der Waals surface area contributed by atoms with E-state index in [2.05, 4.69) is 12.1 Å². The number of rotatable bonds is 3. The number of nitrogens with zero attached hydrogens (tertiary/aromatic N) is 1. The molecule has 0 amide bonds. The highest BCUT2D eigenvalue weighted by Gasteiger charge is 2.20. The van der Waals surface area contributed by atoms with Gasteiger partial charge in [0.25, 0.3) is 0 Å². The maximum Gasteiger partial charge on any atom is 0.0601 e. The lowest BCUT2D eigenvalue weighted by Crippen LogP contribution is -2.10. The van der Waals surface area contributed by atoms with Crippen LogP contribution in [-0.4, -0.2) is 10.9 Å². The summed E-state index contributed by atoms with van der Waals surface area (Å²) in [7, 11) is 0. The highest BCUT2D eigenvalue weighted by atomic mass is 16.4. The van der Waals surface area contributed by atoms with Crippen molar-refractivity contribution < 1.29 is 5.21 Å². The minimum absolute atomic E-state index is 0.597. The Morgan fingerprint density at radius 3 is 2.55 bits per heavy atom. The van der Waals surface area contributed by atoms with Crippen molar-refractivity contribution in [3.63, 3.8) is 0 Å². The fourth-order valence-electron chi connectivity index (χ4n) is 1.85.